The topological polar surface area (TPSA) is 79.8 Å². The van der Waals surface area contributed by atoms with Crippen LogP contribution in [0.5, 0.6) is 11.5 Å². The molecule has 3 aromatic rings. The van der Waals surface area contributed by atoms with Crippen LogP contribution in [0.3, 0.4) is 0 Å². The summed E-state index contributed by atoms with van der Waals surface area (Å²) in [6, 6.07) is 6.40. The Balaban J connectivity index is 1.68. The maximum atomic E-state index is 14.8. The van der Waals surface area contributed by atoms with E-state index in [1.54, 1.807) is 30.9 Å². The average molecular weight is 518 g/mol. The van der Waals surface area contributed by atoms with Crippen molar-refractivity contribution in [2.24, 2.45) is 0 Å². The number of alkyl halides is 2. The third kappa shape index (κ3) is 5.56. The Bertz CT molecular complexity index is 1310. The van der Waals surface area contributed by atoms with Crippen molar-refractivity contribution in [1.82, 2.24) is 19.8 Å². The lowest BCUT2D eigenvalue weighted by Gasteiger charge is -2.37. The minimum Gasteiger partial charge on any atom is -0.493 e. The Hall–Kier alpha value is -3.60. The summed E-state index contributed by atoms with van der Waals surface area (Å²) in [5, 5.41) is 3.61. The fourth-order valence-corrected chi connectivity index (χ4v) is 4.52. The lowest BCUT2D eigenvalue weighted by Crippen LogP contribution is -2.53. The monoisotopic (exact) mass is 517 g/mol. The van der Waals surface area contributed by atoms with Crippen LogP contribution in [0.25, 0.3) is 10.9 Å². The van der Waals surface area contributed by atoms with Crippen LogP contribution in [0.1, 0.15) is 43.3 Å². The molecule has 11 heteroatoms. The first kappa shape index (κ1) is 26.5. The van der Waals surface area contributed by atoms with Gasteiger partial charge in [-0.1, -0.05) is 18.2 Å². The molecule has 2 atom stereocenters. The molecule has 0 bridgehead atoms. The quantitative estimate of drug-likeness (QED) is 0.473. The van der Waals surface area contributed by atoms with Crippen molar-refractivity contribution in [3.63, 3.8) is 0 Å². The largest absolute Gasteiger partial charge is 0.493 e. The van der Waals surface area contributed by atoms with Crippen molar-refractivity contribution in [3.05, 3.63) is 53.1 Å². The number of carbonyl (C=O) groups is 1. The number of likely N-dealkylation sites (N-methyl/N-ethyl adjacent to an activating group) is 1. The van der Waals surface area contributed by atoms with Crippen molar-refractivity contribution in [1.29, 1.82) is 0 Å². The van der Waals surface area contributed by atoms with Gasteiger partial charge in [0.05, 0.1) is 24.2 Å². The first-order valence-corrected chi connectivity index (χ1v) is 11.9. The van der Waals surface area contributed by atoms with Crippen LogP contribution >= 0.6 is 0 Å². The molecule has 2 heterocycles. The smallest absolute Gasteiger partial charge is 0.415 e. The molecule has 0 saturated carbocycles. The number of nitrogens with one attached hydrogen (secondary N) is 1. The molecule has 1 aliphatic rings. The first-order chi connectivity index (χ1) is 17.6. The molecule has 37 heavy (non-hydrogen) atoms. The maximum absolute atomic E-state index is 14.8. The summed E-state index contributed by atoms with van der Waals surface area (Å²) in [5.74, 6) is 0.299. The molecule has 1 unspecified atom stereocenters. The fourth-order valence-electron chi connectivity index (χ4n) is 4.52. The number of rotatable bonds is 6. The van der Waals surface area contributed by atoms with Gasteiger partial charge in [-0.3, -0.25) is 0 Å². The van der Waals surface area contributed by atoms with Crippen molar-refractivity contribution in [3.8, 4) is 11.5 Å². The first-order valence-electron chi connectivity index (χ1n) is 11.9. The Morgan fingerprint density at radius 2 is 1.89 bits per heavy atom. The number of benzene rings is 2. The van der Waals surface area contributed by atoms with E-state index in [9.17, 15) is 18.0 Å². The third-order valence-corrected chi connectivity index (χ3v) is 6.47. The molecule has 198 valence electrons. The van der Waals surface area contributed by atoms with E-state index in [1.165, 1.54) is 19.2 Å². The van der Waals surface area contributed by atoms with E-state index >= 15 is 0 Å². The van der Waals surface area contributed by atoms with Crippen molar-refractivity contribution >= 4 is 22.8 Å². The van der Waals surface area contributed by atoms with Crippen molar-refractivity contribution < 1.29 is 27.4 Å². The van der Waals surface area contributed by atoms with Gasteiger partial charge in [-0.15, -0.1) is 0 Å². The number of fused-ring (bicyclic) bond motifs is 1. The predicted molar refractivity (Wildman–Crippen MR) is 134 cm³/mol. The molecule has 0 aliphatic carbocycles. The Kier molecular flexibility index (Phi) is 7.72. The van der Waals surface area contributed by atoms with E-state index in [4.69, 9.17) is 9.47 Å². The van der Waals surface area contributed by atoms with Crippen LogP contribution in [0.4, 0.5) is 23.8 Å². The lowest BCUT2D eigenvalue weighted by atomic mass is 10.0. The number of aromatic nitrogens is 2. The van der Waals surface area contributed by atoms with E-state index < -0.39 is 29.9 Å². The van der Waals surface area contributed by atoms with Crippen LogP contribution in [-0.4, -0.2) is 65.7 Å². The van der Waals surface area contributed by atoms with Gasteiger partial charge in [0.1, 0.15) is 17.5 Å². The third-order valence-electron chi connectivity index (χ3n) is 6.47. The SMILES string of the molecule is COc1cc2nc(C)nc(N[C@H](C)c3cccc(C(F)F)c3F)c2cc1OC(=O)N1CCN(C)CC1C. The number of nitrogens with zero attached hydrogens (tertiary/aromatic N) is 4. The van der Waals surface area contributed by atoms with E-state index in [2.05, 4.69) is 20.2 Å². The molecule has 8 nitrogen and oxygen atoms in total. The van der Waals surface area contributed by atoms with Gasteiger partial charge in [-0.05, 0) is 33.9 Å². The summed E-state index contributed by atoms with van der Waals surface area (Å²) >= 11 is 0. The predicted octanol–water partition coefficient (Wildman–Crippen LogP) is 5.33. The van der Waals surface area contributed by atoms with Crippen LogP contribution in [-0.2, 0) is 0 Å². The molecular formula is C26H30F3N5O3. The molecule has 1 saturated heterocycles. The van der Waals surface area contributed by atoms with E-state index in [-0.39, 0.29) is 17.4 Å². The Morgan fingerprint density at radius 1 is 1.16 bits per heavy atom. The minimum atomic E-state index is -2.93. The van der Waals surface area contributed by atoms with E-state index in [1.807, 2.05) is 14.0 Å². The fraction of sp³-hybridized carbons (Fsp3) is 0.423. The van der Waals surface area contributed by atoms with E-state index in [0.717, 1.165) is 19.2 Å². The van der Waals surface area contributed by atoms with Crippen LogP contribution in [0.2, 0.25) is 0 Å². The average Bonchev–Trinajstić information content (AvgIpc) is 2.83. The van der Waals surface area contributed by atoms with Gasteiger partial charge in [-0.25, -0.2) is 27.9 Å². The number of methoxy groups -OCH3 is 1. The number of carbonyl (C=O) groups excluding carboxylic acids is 1. The second-order valence-corrected chi connectivity index (χ2v) is 9.23. The van der Waals surface area contributed by atoms with Crippen LogP contribution in [0, 0.1) is 12.7 Å². The van der Waals surface area contributed by atoms with Crippen molar-refractivity contribution in [2.75, 3.05) is 39.1 Å². The summed E-state index contributed by atoms with van der Waals surface area (Å²) in [6.07, 6.45) is -3.43. The highest BCUT2D eigenvalue weighted by atomic mass is 19.3. The Labute approximate surface area is 213 Å². The summed E-state index contributed by atoms with van der Waals surface area (Å²) in [7, 11) is 3.46. The number of halogens is 3. The molecular weight excluding hydrogens is 487 g/mol. The summed E-state index contributed by atoms with van der Waals surface area (Å²) in [6.45, 7) is 7.29. The highest BCUT2D eigenvalue weighted by Gasteiger charge is 2.28. The number of ether oxygens (including phenoxy) is 2. The molecule has 0 radical (unpaired) electrons. The minimum absolute atomic E-state index is 0.0272. The van der Waals surface area contributed by atoms with Gasteiger partial charge in [0.2, 0.25) is 0 Å². The van der Waals surface area contributed by atoms with Crippen LogP contribution < -0.4 is 14.8 Å². The van der Waals surface area contributed by atoms with Gasteiger partial charge < -0.3 is 24.6 Å². The molecule has 4 rings (SSSR count). The van der Waals surface area contributed by atoms with Crippen molar-refractivity contribution in [2.45, 2.75) is 39.3 Å². The van der Waals surface area contributed by atoms with E-state index in [0.29, 0.717) is 34.8 Å². The zero-order valence-corrected chi connectivity index (χ0v) is 21.4. The molecule has 1 N–H and O–H groups in total. The summed E-state index contributed by atoms with van der Waals surface area (Å²) in [5.41, 5.74) is -0.0769. The van der Waals surface area contributed by atoms with Gasteiger partial charge >= 0.3 is 6.09 Å². The molecule has 1 aliphatic heterocycles. The highest BCUT2D eigenvalue weighted by molar-refractivity contribution is 5.92. The van der Waals surface area contributed by atoms with Gasteiger partial charge in [-0.2, -0.15) is 0 Å². The molecule has 1 aromatic heterocycles. The zero-order chi connectivity index (χ0) is 26.9. The zero-order valence-electron chi connectivity index (χ0n) is 21.4. The summed E-state index contributed by atoms with van der Waals surface area (Å²) < 4.78 is 52.4. The molecule has 2 aromatic carbocycles. The van der Waals surface area contributed by atoms with Gasteiger partial charge in [0, 0.05) is 42.7 Å². The number of amides is 1. The highest BCUT2D eigenvalue weighted by Crippen LogP contribution is 2.36. The normalized spacial score (nSPS) is 17.2. The number of aryl methyl sites for hydroxylation is 1. The second kappa shape index (κ2) is 10.8. The second-order valence-electron chi connectivity index (χ2n) is 9.23. The van der Waals surface area contributed by atoms with Crippen LogP contribution in [0.15, 0.2) is 30.3 Å². The number of piperazine rings is 1. The summed E-state index contributed by atoms with van der Waals surface area (Å²) in [4.78, 5) is 25.7. The number of hydrogen-bond donors (Lipinski definition) is 1. The molecule has 1 amide bonds. The van der Waals surface area contributed by atoms with Gasteiger partial charge in [0.15, 0.2) is 11.5 Å². The lowest BCUT2D eigenvalue weighted by molar-refractivity contribution is 0.0886. The number of hydrogen-bond acceptors (Lipinski definition) is 7. The maximum Gasteiger partial charge on any atom is 0.415 e. The molecule has 1 fully saturated rings. The molecule has 0 spiro atoms. The standard InChI is InChI=1S/C26H30F3N5O3/c1-14-13-33(4)9-10-34(14)26(35)37-22-11-19-20(12-21(22)36-5)31-16(3)32-25(19)30-15(2)17-7-6-8-18(23(17)27)24(28)29/h6-8,11-12,14-15,24H,9-10,13H2,1-5H3,(H,30,31,32)/t14?,15-/m1/s1. The Morgan fingerprint density at radius 3 is 2.57 bits per heavy atom. The van der Waals surface area contributed by atoms with Gasteiger partial charge in [0.25, 0.3) is 6.43 Å². The number of anilines is 1.